The zero-order chi connectivity index (χ0) is 23.9. The minimum Gasteiger partial charge on any atom is -0.495 e. The number of halogens is 2. The van der Waals surface area contributed by atoms with Crippen LogP contribution in [0.25, 0.3) is 11.4 Å². The third-order valence-corrected chi connectivity index (χ3v) is 5.82. The molecule has 8 nitrogen and oxygen atoms in total. The number of aromatic nitrogens is 2. The monoisotopic (exact) mass is 468 g/mol. The van der Waals surface area contributed by atoms with Gasteiger partial charge < -0.3 is 28.9 Å². The summed E-state index contributed by atoms with van der Waals surface area (Å²) in [5.74, 6) is -0.0647. The first-order chi connectivity index (χ1) is 16.4. The van der Waals surface area contributed by atoms with Crippen molar-refractivity contribution in [2.45, 2.75) is 12.6 Å². The molecule has 2 aromatic carbocycles. The number of hydrogen-bond donors (Lipinski definition) is 1. The second kappa shape index (κ2) is 8.45. The molecule has 0 spiro atoms. The van der Waals surface area contributed by atoms with Gasteiger partial charge in [-0.2, -0.15) is 0 Å². The quantitative estimate of drug-likeness (QED) is 0.619. The Morgan fingerprint density at radius 1 is 1.18 bits per heavy atom. The Morgan fingerprint density at radius 3 is 2.65 bits per heavy atom. The number of oxime groups is 1. The van der Waals surface area contributed by atoms with Crippen molar-refractivity contribution in [2.24, 2.45) is 5.16 Å². The average Bonchev–Trinajstić information content (AvgIpc) is 3.34. The van der Waals surface area contributed by atoms with Gasteiger partial charge in [0.05, 0.1) is 31.4 Å². The Hall–Kier alpha value is -3.92. The highest BCUT2D eigenvalue weighted by Gasteiger charge is 2.48. The van der Waals surface area contributed by atoms with Crippen LogP contribution in [0.4, 0.5) is 8.78 Å². The van der Waals surface area contributed by atoms with Gasteiger partial charge in [0.1, 0.15) is 36.4 Å². The van der Waals surface area contributed by atoms with Gasteiger partial charge in [0.2, 0.25) is 0 Å². The van der Waals surface area contributed by atoms with Crippen molar-refractivity contribution in [3.63, 3.8) is 0 Å². The van der Waals surface area contributed by atoms with E-state index in [4.69, 9.17) is 14.3 Å². The molecule has 1 aromatic heterocycles. The van der Waals surface area contributed by atoms with Crippen LogP contribution in [0.15, 0.2) is 60.2 Å². The fraction of sp³-hybridized carbons (Fsp3) is 0.250. The van der Waals surface area contributed by atoms with E-state index in [1.165, 1.54) is 0 Å². The molecule has 0 aliphatic carbocycles. The van der Waals surface area contributed by atoms with Crippen molar-refractivity contribution in [3.05, 3.63) is 83.5 Å². The molecular formula is C24H22F2N4O4. The van der Waals surface area contributed by atoms with Crippen LogP contribution >= 0.6 is 0 Å². The topological polar surface area (TPSA) is 81.3 Å². The number of rotatable bonds is 5. The first kappa shape index (κ1) is 21.9. The van der Waals surface area contributed by atoms with Gasteiger partial charge in [-0.3, -0.25) is 0 Å². The number of ether oxygens (including phenoxy) is 2. The Morgan fingerprint density at radius 2 is 1.97 bits per heavy atom. The minimum absolute atomic E-state index is 0.116. The van der Waals surface area contributed by atoms with Crippen molar-refractivity contribution in [2.75, 3.05) is 26.9 Å². The number of benzene rings is 2. The summed E-state index contributed by atoms with van der Waals surface area (Å²) in [7, 11) is 1.58. The van der Waals surface area contributed by atoms with Crippen molar-refractivity contribution in [1.82, 2.24) is 14.5 Å². The fourth-order valence-electron chi connectivity index (χ4n) is 4.17. The number of fused-ring (bicyclic) bond motifs is 1. The zero-order valence-electron chi connectivity index (χ0n) is 18.5. The number of aliphatic hydroxyl groups is 1. The summed E-state index contributed by atoms with van der Waals surface area (Å²) in [6.45, 7) is 1.82. The number of methoxy groups -OCH3 is 1. The Kier molecular flexibility index (Phi) is 5.45. The predicted octanol–water partition coefficient (Wildman–Crippen LogP) is 3.33. The molecule has 3 aromatic rings. The minimum atomic E-state index is -1.56. The molecule has 1 atom stereocenters. The molecule has 2 aliphatic heterocycles. The molecular weight excluding hydrogens is 446 g/mol. The molecule has 34 heavy (non-hydrogen) atoms. The summed E-state index contributed by atoms with van der Waals surface area (Å²) in [5.41, 5.74) is 0.988. The molecule has 0 radical (unpaired) electrons. The van der Waals surface area contributed by atoms with Crippen molar-refractivity contribution < 1.29 is 28.2 Å². The zero-order valence-corrected chi connectivity index (χ0v) is 18.5. The van der Waals surface area contributed by atoms with Gasteiger partial charge in [-0.1, -0.05) is 5.16 Å². The number of aliphatic hydroxyl groups excluding tert-OH is 1. The number of imidazole rings is 1. The van der Waals surface area contributed by atoms with Gasteiger partial charge in [0.15, 0.2) is 5.84 Å². The lowest BCUT2D eigenvalue weighted by Crippen LogP contribution is -2.49. The second-order valence-electron chi connectivity index (χ2n) is 7.96. The Balaban J connectivity index is 1.50. The van der Waals surface area contributed by atoms with E-state index in [2.05, 4.69) is 10.1 Å². The standard InChI is InChI=1S/C24H22F2N4O4/c1-15-12-29(14-27-15)20-4-3-16(7-22(20)32-2)21-11-23-28-34-24(13-31,30(23)5-6-33-21)17-8-18(25)10-19(26)9-17/h3-4,7-12,14,31H,5-6,13H2,1-2H3. The van der Waals surface area contributed by atoms with Crippen LogP contribution in [0.1, 0.15) is 16.8 Å². The maximum Gasteiger partial charge on any atom is 0.260 e. The number of aryl methyl sites for hydroxylation is 1. The van der Waals surface area contributed by atoms with E-state index >= 15 is 0 Å². The van der Waals surface area contributed by atoms with E-state index in [1.807, 2.05) is 35.9 Å². The molecule has 0 saturated heterocycles. The molecule has 10 heteroatoms. The smallest absolute Gasteiger partial charge is 0.260 e. The average molecular weight is 468 g/mol. The predicted molar refractivity (Wildman–Crippen MR) is 119 cm³/mol. The van der Waals surface area contributed by atoms with Crippen LogP contribution in [-0.4, -0.2) is 52.3 Å². The molecule has 1 unspecified atom stereocenters. The maximum atomic E-state index is 13.9. The lowest BCUT2D eigenvalue weighted by molar-refractivity contribution is -0.138. The van der Waals surface area contributed by atoms with Crippen molar-refractivity contribution >= 4 is 11.6 Å². The van der Waals surface area contributed by atoms with Crippen molar-refractivity contribution in [3.8, 4) is 11.4 Å². The van der Waals surface area contributed by atoms with Gasteiger partial charge >= 0.3 is 0 Å². The Bertz CT molecular complexity index is 1290. The summed E-state index contributed by atoms with van der Waals surface area (Å²) < 4.78 is 41.3. The van der Waals surface area contributed by atoms with Crippen LogP contribution in [0.3, 0.4) is 0 Å². The summed E-state index contributed by atoms with van der Waals surface area (Å²) in [4.78, 5) is 11.5. The normalized spacial score (nSPS) is 19.5. The highest BCUT2D eigenvalue weighted by Crippen LogP contribution is 2.38. The molecule has 2 aliphatic rings. The summed E-state index contributed by atoms with van der Waals surface area (Å²) >= 11 is 0. The van der Waals surface area contributed by atoms with Crippen LogP contribution in [0, 0.1) is 18.6 Å². The van der Waals surface area contributed by atoms with Gasteiger partial charge in [0.25, 0.3) is 5.72 Å². The van der Waals surface area contributed by atoms with Crippen LogP contribution in [0.5, 0.6) is 5.75 Å². The summed E-state index contributed by atoms with van der Waals surface area (Å²) in [5, 5.41) is 14.3. The van der Waals surface area contributed by atoms with E-state index in [0.29, 0.717) is 17.3 Å². The SMILES string of the molecule is COc1cc(C2=CC3=NOC(CO)(c4cc(F)cc(F)c4)N3CCO2)ccc1-n1cnc(C)c1. The molecule has 0 amide bonds. The van der Waals surface area contributed by atoms with Crippen LogP contribution in [-0.2, 0) is 15.3 Å². The van der Waals surface area contributed by atoms with Gasteiger partial charge in [-0.25, -0.2) is 13.8 Å². The Labute approximate surface area is 194 Å². The molecule has 176 valence electrons. The summed E-state index contributed by atoms with van der Waals surface area (Å²) in [6.07, 6.45) is 5.27. The van der Waals surface area contributed by atoms with E-state index in [1.54, 1.807) is 24.4 Å². The van der Waals surface area contributed by atoms with E-state index in [-0.39, 0.29) is 18.7 Å². The van der Waals surface area contributed by atoms with Gasteiger partial charge in [-0.15, -0.1) is 0 Å². The lowest BCUT2D eigenvalue weighted by Gasteiger charge is -2.35. The summed E-state index contributed by atoms with van der Waals surface area (Å²) in [6, 6.07) is 8.61. The first-order valence-corrected chi connectivity index (χ1v) is 10.6. The van der Waals surface area contributed by atoms with Crippen LogP contribution in [0.2, 0.25) is 0 Å². The number of nitrogens with zero attached hydrogens (tertiary/aromatic N) is 4. The van der Waals surface area contributed by atoms with E-state index in [0.717, 1.165) is 35.1 Å². The molecule has 0 bridgehead atoms. The molecule has 1 N–H and O–H groups in total. The third kappa shape index (κ3) is 3.65. The molecule has 0 saturated carbocycles. The lowest BCUT2D eigenvalue weighted by atomic mass is 10.0. The van der Waals surface area contributed by atoms with Crippen molar-refractivity contribution in [1.29, 1.82) is 0 Å². The van der Waals surface area contributed by atoms with Gasteiger partial charge in [-0.05, 0) is 37.3 Å². The highest BCUT2D eigenvalue weighted by atomic mass is 19.1. The van der Waals surface area contributed by atoms with Gasteiger partial charge in [0, 0.05) is 29.5 Å². The fourth-order valence-corrected chi connectivity index (χ4v) is 4.17. The largest absolute Gasteiger partial charge is 0.495 e. The molecule has 0 fully saturated rings. The third-order valence-electron chi connectivity index (χ3n) is 5.82. The van der Waals surface area contributed by atoms with E-state index in [9.17, 15) is 13.9 Å². The second-order valence-corrected chi connectivity index (χ2v) is 7.96. The maximum absolute atomic E-state index is 13.9. The highest BCUT2D eigenvalue weighted by molar-refractivity contribution is 5.99. The van der Waals surface area contributed by atoms with E-state index < -0.39 is 24.0 Å². The molecule has 3 heterocycles. The number of hydrogen-bond acceptors (Lipinski definition) is 7. The number of amidine groups is 1. The van der Waals surface area contributed by atoms with Crippen LogP contribution < -0.4 is 4.74 Å². The first-order valence-electron chi connectivity index (χ1n) is 10.6. The molecule has 5 rings (SSSR count).